The van der Waals surface area contributed by atoms with Gasteiger partial charge < -0.3 is 5.11 Å². The van der Waals surface area contributed by atoms with Crippen LogP contribution in [0.5, 0.6) is 5.75 Å². The molecule has 0 aliphatic heterocycles. The van der Waals surface area contributed by atoms with Crippen LogP contribution in [-0.2, 0) is 11.8 Å². The molecule has 0 saturated carbocycles. The van der Waals surface area contributed by atoms with E-state index in [4.69, 9.17) is 0 Å². The Bertz CT molecular complexity index is 887. The van der Waals surface area contributed by atoms with Gasteiger partial charge in [-0.25, -0.2) is 15.0 Å². The number of amides is 1. The van der Waals surface area contributed by atoms with E-state index in [1.165, 1.54) is 18.0 Å². The number of hydrogen-bond donors (Lipinski definition) is 3. The van der Waals surface area contributed by atoms with Crippen molar-refractivity contribution in [1.82, 2.24) is 10.4 Å². The van der Waals surface area contributed by atoms with Crippen LogP contribution in [-0.4, -0.2) is 28.0 Å². The number of fused-ring (bicyclic) bond motifs is 1. The van der Waals surface area contributed by atoms with Gasteiger partial charge in [0.05, 0.1) is 19.0 Å². The number of carbonyl (C=O) groups excluding carboxylic acids is 1. The zero-order valence-electron chi connectivity index (χ0n) is 13.1. The van der Waals surface area contributed by atoms with Gasteiger partial charge in [-0.1, -0.05) is 12.1 Å². The highest BCUT2D eigenvalue weighted by Gasteiger charge is 2.16. The predicted octanol–water partition coefficient (Wildman–Crippen LogP) is 1.94. The fourth-order valence-electron chi connectivity index (χ4n) is 2.22. The van der Waals surface area contributed by atoms with Crippen molar-refractivity contribution in [3.63, 3.8) is 0 Å². The minimum absolute atomic E-state index is 0.186. The van der Waals surface area contributed by atoms with E-state index in [2.05, 4.69) is 15.5 Å². The number of nitrogens with zero attached hydrogens (tertiary/aromatic N) is 2. The monoisotopic (exact) mass is 341 g/mol. The fraction of sp³-hybridized carbons (Fsp3) is 0.118. The molecule has 1 heterocycles. The van der Waals surface area contributed by atoms with E-state index in [9.17, 15) is 9.90 Å². The second-order valence-corrected chi connectivity index (χ2v) is 6.14. The third-order valence-electron chi connectivity index (χ3n) is 3.45. The standard InChI is InChI=1S/C17H16N4O2S/c1-21-15-5-3-2-4-14(15)19-17(21)24-11-16(23)20-18-10-12-6-8-13(22)9-7-12/h2-10H,11H2,1H3,(H2,18,20,22,23)/p+1. The third-order valence-corrected chi connectivity index (χ3v) is 4.50. The number of aromatic hydroxyl groups is 1. The Hall–Kier alpha value is -2.80. The quantitative estimate of drug-likeness (QED) is 0.287. The van der Waals surface area contributed by atoms with Gasteiger partial charge in [-0.2, -0.15) is 5.10 Å². The molecule has 0 atom stereocenters. The minimum atomic E-state index is -0.186. The number of aryl methyl sites for hydroxylation is 1. The molecule has 0 aliphatic carbocycles. The Balaban J connectivity index is 1.55. The van der Waals surface area contributed by atoms with Crippen LogP contribution in [0.15, 0.2) is 58.8 Å². The summed E-state index contributed by atoms with van der Waals surface area (Å²) < 4.78 is 2.02. The average Bonchev–Trinajstić information content (AvgIpc) is 2.91. The molecule has 0 bridgehead atoms. The molecule has 3 N–H and O–H groups in total. The Kier molecular flexibility index (Phi) is 4.81. The van der Waals surface area contributed by atoms with Crippen molar-refractivity contribution in [2.75, 3.05) is 5.75 Å². The Morgan fingerprint density at radius 2 is 2.04 bits per heavy atom. The lowest BCUT2D eigenvalue weighted by Crippen LogP contribution is -2.30. The second kappa shape index (κ2) is 7.18. The maximum absolute atomic E-state index is 11.9. The summed E-state index contributed by atoms with van der Waals surface area (Å²) in [6, 6.07) is 14.5. The van der Waals surface area contributed by atoms with E-state index in [0.29, 0.717) is 0 Å². The van der Waals surface area contributed by atoms with Crippen molar-refractivity contribution in [2.45, 2.75) is 5.16 Å². The zero-order valence-corrected chi connectivity index (χ0v) is 13.9. The number of rotatable bonds is 5. The van der Waals surface area contributed by atoms with Gasteiger partial charge in [-0.3, -0.25) is 4.79 Å². The van der Waals surface area contributed by atoms with Gasteiger partial charge in [0, 0.05) is 0 Å². The lowest BCUT2D eigenvalue weighted by Gasteiger charge is -1.98. The van der Waals surface area contributed by atoms with Crippen molar-refractivity contribution in [1.29, 1.82) is 0 Å². The third kappa shape index (κ3) is 3.75. The average molecular weight is 341 g/mol. The van der Waals surface area contributed by atoms with Crippen molar-refractivity contribution < 1.29 is 14.5 Å². The van der Waals surface area contributed by atoms with E-state index in [-0.39, 0.29) is 17.4 Å². The molecule has 24 heavy (non-hydrogen) atoms. The predicted molar refractivity (Wildman–Crippen MR) is 94.0 cm³/mol. The van der Waals surface area contributed by atoms with Crippen LogP contribution in [0.4, 0.5) is 0 Å². The Labute approximate surface area is 143 Å². The molecule has 122 valence electrons. The number of aromatic amines is 1. The number of imidazole rings is 1. The van der Waals surface area contributed by atoms with E-state index < -0.39 is 0 Å². The summed E-state index contributed by atoms with van der Waals surface area (Å²) in [5.74, 6) is 0.264. The van der Waals surface area contributed by atoms with Crippen LogP contribution >= 0.6 is 11.8 Å². The van der Waals surface area contributed by atoms with Gasteiger partial charge in [-0.05, 0) is 53.7 Å². The van der Waals surface area contributed by atoms with Gasteiger partial charge >= 0.3 is 5.16 Å². The van der Waals surface area contributed by atoms with E-state index in [1.807, 2.05) is 35.9 Å². The highest BCUT2D eigenvalue weighted by molar-refractivity contribution is 7.99. The van der Waals surface area contributed by atoms with Crippen LogP contribution in [0.25, 0.3) is 11.0 Å². The summed E-state index contributed by atoms with van der Waals surface area (Å²) in [7, 11) is 1.96. The first-order valence-electron chi connectivity index (χ1n) is 7.34. The molecule has 0 spiro atoms. The number of nitrogens with one attached hydrogen (secondary N) is 2. The fourth-order valence-corrected chi connectivity index (χ4v) is 3.03. The summed E-state index contributed by atoms with van der Waals surface area (Å²) in [6.45, 7) is 0. The topological polar surface area (TPSA) is 81.4 Å². The zero-order chi connectivity index (χ0) is 16.9. The van der Waals surface area contributed by atoms with Crippen molar-refractivity contribution in [2.24, 2.45) is 12.1 Å². The summed E-state index contributed by atoms with van der Waals surface area (Å²) in [4.78, 5) is 15.2. The normalized spacial score (nSPS) is 11.2. The first-order valence-corrected chi connectivity index (χ1v) is 8.32. The molecule has 0 radical (unpaired) electrons. The van der Waals surface area contributed by atoms with Crippen molar-refractivity contribution in [3.05, 3.63) is 54.1 Å². The van der Waals surface area contributed by atoms with Crippen molar-refractivity contribution in [3.8, 4) is 5.75 Å². The SMILES string of the molecule is C[n+]1c(SCC(=O)NN=Cc2ccc(O)cc2)[nH]c2ccccc21. The number of hydrogen-bond acceptors (Lipinski definition) is 4. The molecule has 1 aromatic heterocycles. The molecule has 7 heteroatoms. The number of benzene rings is 2. The number of carbonyl (C=O) groups is 1. The summed E-state index contributed by atoms with van der Waals surface area (Å²) >= 11 is 1.42. The molecule has 0 aliphatic rings. The Morgan fingerprint density at radius 3 is 2.79 bits per heavy atom. The largest absolute Gasteiger partial charge is 0.508 e. The molecular formula is C17H17N4O2S+. The molecule has 3 aromatic rings. The minimum Gasteiger partial charge on any atom is -0.508 e. The summed E-state index contributed by atoms with van der Waals surface area (Å²) in [5, 5.41) is 14.0. The molecule has 0 saturated heterocycles. The summed E-state index contributed by atoms with van der Waals surface area (Å²) in [5.41, 5.74) is 5.41. The summed E-state index contributed by atoms with van der Waals surface area (Å²) in [6.07, 6.45) is 1.53. The maximum Gasteiger partial charge on any atom is 0.317 e. The van der Waals surface area contributed by atoms with Gasteiger partial charge in [0.1, 0.15) is 5.75 Å². The molecular weight excluding hydrogens is 324 g/mol. The number of aromatic nitrogens is 2. The van der Waals surface area contributed by atoms with Crippen LogP contribution in [0, 0.1) is 0 Å². The lowest BCUT2D eigenvalue weighted by atomic mass is 10.2. The number of phenolic OH excluding ortho intramolecular Hbond substituents is 1. The van der Waals surface area contributed by atoms with Gasteiger partial charge in [-0.15, -0.1) is 0 Å². The number of phenols is 1. The van der Waals surface area contributed by atoms with E-state index in [1.54, 1.807) is 24.3 Å². The molecule has 0 fully saturated rings. The number of hydrazone groups is 1. The first-order chi connectivity index (χ1) is 11.6. The molecule has 2 aromatic carbocycles. The smallest absolute Gasteiger partial charge is 0.317 e. The van der Waals surface area contributed by atoms with E-state index >= 15 is 0 Å². The van der Waals surface area contributed by atoms with Gasteiger partial charge in [0.25, 0.3) is 5.91 Å². The molecule has 6 nitrogen and oxygen atoms in total. The highest BCUT2D eigenvalue weighted by Crippen LogP contribution is 2.16. The van der Waals surface area contributed by atoms with Gasteiger partial charge in [0.2, 0.25) is 0 Å². The Morgan fingerprint density at radius 1 is 1.29 bits per heavy atom. The second-order valence-electron chi connectivity index (χ2n) is 5.18. The van der Waals surface area contributed by atoms with Crippen LogP contribution in [0.1, 0.15) is 5.56 Å². The van der Waals surface area contributed by atoms with Crippen molar-refractivity contribution >= 4 is 34.9 Å². The lowest BCUT2D eigenvalue weighted by molar-refractivity contribution is -0.683. The number of thioether (sulfide) groups is 1. The van der Waals surface area contributed by atoms with Crippen LogP contribution in [0.2, 0.25) is 0 Å². The van der Waals surface area contributed by atoms with Gasteiger partial charge in [0.15, 0.2) is 11.0 Å². The van der Waals surface area contributed by atoms with E-state index in [0.717, 1.165) is 21.8 Å². The maximum atomic E-state index is 11.9. The first kappa shape index (κ1) is 16.1. The van der Waals surface area contributed by atoms with Crippen LogP contribution < -0.4 is 9.99 Å². The van der Waals surface area contributed by atoms with Crippen LogP contribution in [0.3, 0.4) is 0 Å². The highest BCUT2D eigenvalue weighted by atomic mass is 32.2. The molecule has 3 rings (SSSR count). The molecule has 1 amide bonds. The molecule has 0 unspecified atom stereocenters. The number of H-pyrrole nitrogens is 1. The number of para-hydroxylation sites is 2.